The molecule has 0 aliphatic heterocycles. The summed E-state index contributed by atoms with van der Waals surface area (Å²) in [6, 6.07) is 6.39. The van der Waals surface area contributed by atoms with Crippen molar-refractivity contribution >= 4 is 11.6 Å². The van der Waals surface area contributed by atoms with Crippen molar-refractivity contribution in [2.75, 3.05) is 11.9 Å². The zero-order valence-electron chi connectivity index (χ0n) is 9.74. The molecule has 1 rings (SSSR count). The number of halogens is 2. The normalized spacial score (nSPS) is 10.7. The number of ether oxygens (including phenoxy) is 1. The zero-order chi connectivity index (χ0) is 12.8. The fraction of sp³-hybridized carbons (Fsp3) is 0.417. The molecule has 0 saturated heterocycles. The average molecular weight is 243 g/mol. The Balaban J connectivity index is 2.62. The van der Waals surface area contributed by atoms with Crippen LogP contribution in [0.25, 0.3) is 0 Å². The van der Waals surface area contributed by atoms with Gasteiger partial charge < -0.3 is 10.1 Å². The second-order valence-electron chi connectivity index (χ2n) is 4.02. The van der Waals surface area contributed by atoms with Crippen LogP contribution in [0, 0.1) is 5.92 Å². The molecule has 0 radical (unpaired) electrons. The van der Waals surface area contributed by atoms with E-state index in [0.29, 0.717) is 24.0 Å². The van der Waals surface area contributed by atoms with E-state index in [-0.39, 0.29) is 0 Å². The lowest BCUT2D eigenvalue weighted by Gasteiger charge is -2.10. The maximum Gasteiger partial charge on any atom is 0.315 e. The molecule has 0 aliphatic rings. The Kier molecular flexibility index (Phi) is 4.87. The maximum atomic E-state index is 12.0. The summed E-state index contributed by atoms with van der Waals surface area (Å²) >= 11 is 0. The van der Waals surface area contributed by atoms with Gasteiger partial charge in [0.25, 0.3) is 5.91 Å². The summed E-state index contributed by atoms with van der Waals surface area (Å²) in [5.74, 6) is -0.397. The summed E-state index contributed by atoms with van der Waals surface area (Å²) in [5, 5.41) is 2.10. The van der Waals surface area contributed by atoms with Crippen LogP contribution in [0.2, 0.25) is 0 Å². The smallest absolute Gasteiger partial charge is 0.315 e. The Hall–Kier alpha value is -1.65. The lowest BCUT2D eigenvalue weighted by atomic mass is 10.2. The fourth-order valence-electron chi connectivity index (χ4n) is 1.12. The highest BCUT2D eigenvalue weighted by Gasteiger charge is 2.14. The maximum absolute atomic E-state index is 12.0. The molecule has 0 spiro atoms. The van der Waals surface area contributed by atoms with E-state index in [2.05, 4.69) is 5.32 Å². The summed E-state index contributed by atoms with van der Waals surface area (Å²) in [4.78, 5) is 10.8. The first-order valence-electron chi connectivity index (χ1n) is 5.31. The molecule has 0 aromatic heterocycles. The first-order chi connectivity index (χ1) is 7.99. The van der Waals surface area contributed by atoms with Gasteiger partial charge in [0.05, 0.1) is 6.61 Å². The van der Waals surface area contributed by atoms with Gasteiger partial charge >= 0.3 is 6.43 Å². The minimum absolute atomic E-state index is 0.302. The van der Waals surface area contributed by atoms with Gasteiger partial charge in [0, 0.05) is 11.8 Å². The highest BCUT2D eigenvalue weighted by atomic mass is 19.3. The highest BCUT2D eigenvalue weighted by molar-refractivity contribution is 5.93. The number of hydrogen-bond donors (Lipinski definition) is 1. The first kappa shape index (κ1) is 13.4. The molecular weight excluding hydrogens is 228 g/mol. The molecule has 0 bridgehead atoms. The largest absolute Gasteiger partial charge is 0.493 e. The second kappa shape index (κ2) is 6.18. The van der Waals surface area contributed by atoms with E-state index in [1.807, 2.05) is 13.8 Å². The van der Waals surface area contributed by atoms with E-state index in [1.54, 1.807) is 12.1 Å². The summed E-state index contributed by atoms with van der Waals surface area (Å²) in [7, 11) is 0. The van der Waals surface area contributed by atoms with Crippen LogP contribution in [0.3, 0.4) is 0 Å². The van der Waals surface area contributed by atoms with Crippen LogP contribution >= 0.6 is 0 Å². The third-order valence-corrected chi connectivity index (χ3v) is 1.88. The summed E-state index contributed by atoms with van der Waals surface area (Å²) < 4.78 is 29.5. The number of rotatable bonds is 5. The van der Waals surface area contributed by atoms with Crippen molar-refractivity contribution in [1.82, 2.24) is 0 Å². The number of anilines is 1. The quantitative estimate of drug-likeness (QED) is 0.863. The van der Waals surface area contributed by atoms with Crippen molar-refractivity contribution in [1.29, 1.82) is 0 Å². The molecule has 94 valence electrons. The van der Waals surface area contributed by atoms with E-state index < -0.39 is 12.3 Å². The Morgan fingerprint density at radius 1 is 1.41 bits per heavy atom. The van der Waals surface area contributed by atoms with Crippen LogP contribution in [-0.2, 0) is 4.79 Å². The third-order valence-electron chi connectivity index (χ3n) is 1.88. The molecule has 0 unspecified atom stereocenters. The van der Waals surface area contributed by atoms with Crippen molar-refractivity contribution < 1.29 is 18.3 Å². The van der Waals surface area contributed by atoms with E-state index in [4.69, 9.17) is 4.74 Å². The zero-order valence-corrected chi connectivity index (χ0v) is 9.74. The molecule has 1 aromatic rings. The fourth-order valence-corrected chi connectivity index (χ4v) is 1.12. The molecule has 1 amide bonds. The number of benzene rings is 1. The van der Waals surface area contributed by atoms with Gasteiger partial charge in [-0.2, -0.15) is 8.78 Å². The van der Waals surface area contributed by atoms with Gasteiger partial charge in [0.1, 0.15) is 5.75 Å². The molecule has 1 aromatic carbocycles. The standard InChI is InChI=1S/C12H15F2NO2/c1-8(2)7-17-10-5-3-4-9(6-10)15-12(16)11(13)14/h3-6,8,11H,7H2,1-2H3,(H,15,16). The summed E-state index contributed by atoms with van der Waals surface area (Å²) in [5.41, 5.74) is 0.302. The van der Waals surface area contributed by atoms with E-state index >= 15 is 0 Å². The van der Waals surface area contributed by atoms with Gasteiger partial charge in [-0.25, -0.2) is 0 Å². The molecule has 0 aliphatic carbocycles. The second-order valence-corrected chi connectivity index (χ2v) is 4.02. The van der Waals surface area contributed by atoms with Crippen molar-refractivity contribution in [3.8, 4) is 5.75 Å². The Labute approximate surface area is 98.8 Å². The lowest BCUT2D eigenvalue weighted by Crippen LogP contribution is -2.20. The van der Waals surface area contributed by atoms with Crippen molar-refractivity contribution in [3.63, 3.8) is 0 Å². The molecule has 0 fully saturated rings. The lowest BCUT2D eigenvalue weighted by molar-refractivity contribution is -0.126. The van der Waals surface area contributed by atoms with Crippen molar-refractivity contribution in [2.24, 2.45) is 5.92 Å². The molecular formula is C12H15F2NO2. The first-order valence-corrected chi connectivity index (χ1v) is 5.31. The molecule has 0 atom stereocenters. The van der Waals surface area contributed by atoms with Gasteiger partial charge in [-0.1, -0.05) is 19.9 Å². The SMILES string of the molecule is CC(C)COc1cccc(NC(=O)C(F)F)c1. The number of carbonyl (C=O) groups is 1. The van der Waals surface area contributed by atoms with Crippen molar-refractivity contribution in [2.45, 2.75) is 20.3 Å². The van der Waals surface area contributed by atoms with E-state index in [9.17, 15) is 13.6 Å². The number of amides is 1. The van der Waals surface area contributed by atoms with Gasteiger partial charge in [0.15, 0.2) is 0 Å². The summed E-state index contributed by atoms with van der Waals surface area (Å²) in [6.45, 7) is 4.54. The van der Waals surface area contributed by atoms with Crippen molar-refractivity contribution in [3.05, 3.63) is 24.3 Å². The number of hydrogen-bond acceptors (Lipinski definition) is 2. The summed E-state index contributed by atoms with van der Waals surface area (Å²) in [6.07, 6.45) is -3.02. The molecule has 1 N–H and O–H groups in total. The number of nitrogens with one attached hydrogen (secondary N) is 1. The predicted molar refractivity (Wildman–Crippen MR) is 61.4 cm³/mol. The molecule has 17 heavy (non-hydrogen) atoms. The Morgan fingerprint density at radius 2 is 2.12 bits per heavy atom. The minimum Gasteiger partial charge on any atom is -0.493 e. The van der Waals surface area contributed by atoms with Gasteiger partial charge in [-0.15, -0.1) is 0 Å². The Morgan fingerprint density at radius 3 is 2.71 bits per heavy atom. The third kappa shape index (κ3) is 4.80. The Bertz CT molecular complexity index is 381. The van der Waals surface area contributed by atoms with Gasteiger partial charge in [0.2, 0.25) is 0 Å². The average Bonchev–Trinajstić information content (AvgIpc) is 2.26. The van der Waals surface area contributed by atoms with Crippen LogP contribution in [0.4, 0.5) is 14.5 Å². The van der Waals surface area contributed by atoms with Crippen LogP contribution in [0.5, 0.6) is 5.75 Å². The minimum atomic E-state index is -3.02. The highest BCUT2D eigenvalue weighted by Crippen LogP contribution is 2.18. The topological polar surface area (TPSA) is 38.3 Å². The van der Waals surface area contributed by atoms with Gasteiger partial charge in [-0.3, -0.25) is 4.79 Å². The molecule has 0 heterocycles. The van der Waals surface area contributed by atoms with Crippen LogP contribution in [0.15, 0.2) is 24.3 Å². The van der Waals surface area contributed by atoms with Crippen LogP contribution in [-0.4, -0.2) is 18.9 Å². The van der Waals surface area contributed by atoms with Crippen LogP contribution in [0.1, 0.15) is 13.8 Å². The molecule has 5 heteroatoms. The van der Waals surface area contributed by atoms with Gasteiger partial charge in [-0.05, 0) is 18.1 Å². The van der Waals surface area contributed by atoms with Crippen LogP contribution < -0.4 is 10.1 Å². The predicted octanol–water partition coefficient (Wildman–Crippen LogP) is 2.93. The van der Waals surface area contributed by atoms with E-state index in [0.717, 1.165) is 0 Å². The number of alkyl halides is 2. The number of carbonyl (C=O) groups excluding carboxylic acids is 1. The molecule has 3 nitrogen and oxygen atoms in total. The monoisotopic (exact) mass is 243 g/mol. The molecule has 0 saturated carbocycles. The van der Waals surface area contributed by atoms with E-state index in [1.165, 1.54) is 12.1 Å².